The third kappa shape index (κ3) is 6.72. The molecular weight excluding hydrogens is 390 g/mol. The van der Waals surface area contributed by atoms with Gasteiger partial charge in [0.1, 0.15) is 17.1 Å². The Morgan fingerprint density at radius 1 is 1.10 bits per heavy atom. The van der Waals surface area contributed by atoms with E-state index >= 15 is 0 Å². The van der Waals surface area contributed by atoms with Crippen molar-refractivity contribution in [2.45, 2.75) is 117 Å². The molecule has 0 aliphatic carbocycles. The molecule has 31 heavy (non-hydrogen) atoms. The van der Waals surface area contributed by atoms with E-state index < -0.39 is 0 Å². The fourth-order valence-corrected chi connectivity index (χ4v) is 4.61. The van der Waals surface area contributed by atoms with Crippen LogP contribution in [0, 0.1) is 30.9 Å². The van der Waals surface area contributed by atoms with E-state index in [0.717, 1.165) is 73.8 Å². The molecule has 0 radical (unpaired) electrons. The minimum atomic E-state index is -0.233. The molecule has 5 nitrogen and oxygen atoms in total. The summed E-state index contributed by atoms with van der Waals surface area (Å²) in [5.41, 5.74) is 4.38. The summed E-state index contributed by atoms with van der Waals surface area (Å²) in [4.78, 5) is 10.7. The number of allylic oxidation sites excluding steroid dienone is 2. The number of phenols is 1. The summed E-state index contributed by atoms with van der Waals surface area (Å²) in [6.07, 6.45) is 13.9. The van der Waals surface area contributed by atoms with Gasteiger partial charge >= 0.3 is 0 Å². The summed E-state index contributed by atoms with van der Waals surface area (Å²) in [5, 5.41) is 21.3. The van der Waals surface area contributed by atoms with Crippen LogP contribution in [0.1, 0.15) is 107 Å². The molecule has 0 bridgehead atoms. The van der Waals surface area contributed by atoms with E-state index in [1.165, 1.54) is 24.8 Å². The third-order valence-corrected chi connectivity index (χ3v) is 6.87. The molecule has 0 amide bonds. The zero-order chi connectivity index (χ0) is 23.0. The van der Waals surface area contributed by atoms with E-state index in [4.69, 9.17) is 4.74 Å². The Morgan fingerprint density at radius 3 is 2.39 bits per heavy atom. The lowest BCUT2D eigenvalue weighted by Gasteiger charge is -2.38. The summed E-state index contributed by atoms with van der Waals surface area (Å²) in [6, 6.07) is 0. The molecule has 1 heterocycles. The Balaban J connectivity index is 1.71. The summed E-state index contributed by atoms with van der Waals surface area (Å²) >= 11 is 0. The van der Waals surface area contributed by atoms with E-state index in [0.29, 0.717) is 17.9 Å². The number of phenolic OH excluding ortho intramolecular Hbond substituents is 1. The molecule has 0 spiro atoms. The maximum absolute atomic E-state index is 10.9. The van der Waals surface area contributed by atoms with Crippen molar-refractivity contribution in [3.63, 3.8) is 0 Å². The summed E-state index contributed by atoms with van der Waals surface area (Å²) in [7, 11) is 0. The minimum absolute atomic E-state index is 0.128. The number of hydrogen-bond donors (Lipinski definition) is 1. The molecule has 174 valence electrons. The zero-order valence-electron chi connectivity index (χ0n) is 20.2. The number of ether oxygens (including phenoxy) is 1. The van der Waals surface area contributed by atoms with Crippen LogP contribution in [-0.2, 0) is 6.42 Å². The Labute approximate surface area is 188 Å². The van der Waals surface area contributed by atoms with Crippen LogP contribution in [0.4, 0.5) is 0 Å². The summed E-state index contributed by atoms with van der Waals surface area (Å²) in [6.45, 7) is 10.2. The smallest absolute Gasteiger partial charge is 0.242 e. The van der Waals surface area contributed by atoms with Gasteiger partial charge in [0.05, 0.1) is 4.92 Å². The van der Waals surface area contributed by atoms with Gasteiger partial charge in [0.15, 0.2) is 0 Å². The molecule has 1 aliphatic heterocycles. The van der Waals surface area contributed by atoms with Gasteiger partial charge in [-0.3, -0.25) is 10.1 Å². The first-order valence-corrected chi connectivity index (χ1v) is 12.0. The molecule has 1 aromatic carbocycles. The number of fused-ring (bicyclic) bond motifs is 1. The number of hydrogen-bond acceptors (Lipinski definition) is 4. The summed E-state index contributed by atoms with van der Waals surface area (Å²) < 4.78 is 6.52. The Hall–Kier alpha value is -2.04. The number of nitro groups is 1. The Kier molecular flexibility index (Phi) is 9.39. The van der Waals surface area contributed by atoms with Gasteiger partial charge in [0.2, 0.25) is 5.70 Å². The number of aromatic hydroxyl groups is 1. The number of nitrogens with zero attached hydrogens (tertiary/aromatic N) is 1. The van der Waals surface area contributed by atoms with Gasteiger partial charge in [-0.05, 0) is 95.4 Å². The SMILES string of the molecule is CCCC(=CCCCCCCCCC1(C)CCc2c(C)c(O)c(C)c(C)c2O1)[N+](=O)[O-]. The molecule has 1 aromatic rings. The van der Waals surface area contributed by atoms with Crippen molar-refractivity contribution in [3.8, 4) is 11.5 Å². The highest BCUT2D eigenvalue weighted by atomic mass is 16.6. The normalized spacial score (nSPS) is 18.5. The quantitative estimate of drug-likeness (QED) is 0.211. The van der Waals surface area contributed by atoms with Crippen molar-refractivity contribution in [2.75, 3.05) is 0 Å². The van der Waals surface area contributed by atoms with E-state index in [9.17, 15) is 15.2 Å². The Bertz CT molecular complexity index is 799. The zero-order valence-corrected chi connectivity index (χ0v) is 20.2. The van der Waals surface area contributed by atoms with Crippen LogP contribution < -0.4 is 4.74 Å². The van der Waals surface area contributed by atoms with E-state index in [1.807, 2.05) is 33.8 Å². The van der Waals surface area contributed by atoms with Crippen molar-refractivity contribution < 1.29 is 14.8 Å². The van der Waals surface area contributed by atoms with E-state index in [2.05, 4.69) is 6.92 Å². The van der Waals surface area contributed by atoms with Gasteiger partial charge in [-0.2, -0.15) is 0 Å². The van der Waals surface area contributed by atoms with Crippen LogP contribution in [0.25, 0.3) is 0 Å². The van der Waals surface area contributed by atoms with Crippen LogP contribution >= 0.6 is 0 Å². The lowest BCUT2D eigenvalue weighted by Crippen LogP contribution is -2.37. The highest BCUT2D eigenvalue weighted by Gasteiger charge is 2.34. The molecular formula is C26H41NO4. The maximum atomic E-state index is 10.9. The Morgan fingerprint density at radius 2 is 1.74 bits per heavy atom. The fraction of sp³-hybridized carbons (Fsp3) is 0.692. The van der Waals surface area contributed by atoms with E-state index in [-0.39, 0.29) is 10.5 Å². The number of benzene rings is 1. The van der Waals surface area contributed by atoms with Crippen molar-refractivity contribution in [1.29, 1.82) is 0 Å². The van der Waals surface area contributed by atoms with Crippen LogP contribution in [0.15, 0.2) is 11.8 Å². The predicted molar refractivity (Wildman–Crippen MR) is 127 cm³/mol. The molecule has 0 fully saturated rings. The number of unbranched alkanes of at least 4 members (excludes halogenated alkanes) is 6. The molecule has 1 N–H and O–H groups in total. The molecule has 2 rings (SSSR count). The number of rotatable bonds is 12. The molecule has 5 heteroatoms. The van der Waals surface area contributed by atoms with Gasteiger partial charge in [0, 0.05) is 12.0 Å². The van der Waals surface area contributed by atoms with Gasteiger partial charge in [-0.1, -0.05) is 32.6 Å². The van der Waals surface area contributed by atoms with E-state index in [1.54, 1.807) is 0 Å². The average molecular weight is 432 g/mol. The largest absolute Gasteiger partial charge is 0.507 e. The van der Waals surface area contributed by atoms with Crippen LogP contribution in [0.3, 0.4) is 0 Å². The van der Waals surface area contributed by atoms with Gasteiger partial charge in [-0.25, -0.2) is 0 Å². The second kappa shape index (κ2) is 11.5. The first-order chi connectivity index (χ1) is 14.7. The molecule has 0 aromatic heterocycles. The van der Waals surface area contributed by atoms with Crippen molar-refractivity contribution in [1.82, 2.24) is 0 Å². The third-order valence-electron chi connectivity index (χ3n) is 6.87. The lowest BCUT2D eigenvalue weighted by atomic mass is 9.84. The monoisotopic (exact) mass is 431 g/mol. The van der Waals surface area contributed by atoms with Gasteiger partial charge in [-0.15, -0.1) is 0 Å². The van der Waals surface area contributed by atoms with Crippen LogP contribution in [0.5, 0.6) is 11.5 Å². The predicted octanol–water partition coefficient (Wildman–Crippen LogP) is 7.48. The minimum Gasteiger partial charge on any atom is -0.507 e. The standard InChI is InChI=1S/C26H41NO4/c1-6-14-22(27(29)30)15-12-10-8-7-9-11-13-17-26(5)18-16-23-21(4)24(28)19(2)20(3)25(23)31-26/h15,28H,6-14,16-18H2,1-5H3. The average Bonchev–Trinajstić information content (AvgIpc) is 2.74. The topological polar surface area (TPSA) is 72.6 Å². The maximum Gasteiger partial charge on any atom is 0.242 e. The van der Waals surface area contributed by atoms with Crippen LogP contribution in [0.2, 0.25) is 0 Å². The molecule has 1 aliphatic rings. The van der Waals surface area contributed by atoms with Crippen LogP contribution in [-0.4, -0.2) is 15.6 Å². The first-order valence-electron chi connectivity index (χ1n) is 12.0. The summed E-state index contributed by atoms with van der Waals surface area (Å²) in [5.74, 6) is 1.41. The van der Waals surface area contributed by atoms with Crippen molar-refractivity contribution >= 4 is 0 Å². The highest BCUT2D eigenvalue weighted by Crippen LogP contribution is 2.44. The van der Waals surface area contributed by atoms with Crippen molar-refractivity contribution in [2.24, 2.45) is 0 Å². The molecule has 0 saturated carbocycles. The molecule has 0 saturated heterocycles. The molecule has 1 unspecified atom stereocenters. The molecule has 1 atom stereocenters. The first kappa shape index (κ1) is 25.2. The highest BCUT2D eigenvalue weighted by molar-refractivity contribution is 5.58. The van der Waals surface area contributed by atoms with Gasteiger partial charge < -0.3 is 9.84 Å². The lowest BCUT2D eigenvalue weighted by molar-refractivity contribution is -0.428. The second-order valence-corrected chi connectivity index (χ2v) is 9.45. The van der Waals surface area contributed by atoms with Crippen molar-refractivity contribution in [3.05, 3.63) is 44.1 Å². The fourth-order valence-electron chi connectivity index (χ4n) is 4.61. The second-order valence-electron chi connectivity index (χ2n) is 9.45. The van der Waals surface area contributed by atoms with Gasteiger partial charge in [0.25, 0.3) is 0 Å².